The van der Waals surface area contributed by atoms with Crippen LogP contribution in [0.3, 0.4) is 0 Å². The van der Waals surface area contributed by atoms with Crippen LogP contribution in [0.5, 0.6) is 0 Å². The molecule has 0 bridgehead atoms. The van der Waals surface area contributed by atoms with Crippen LogP contribution in [-0.4, -0.2) is 73.7 Å². The molecule has 1 aromatic heterocycles. The number of aryl methyl sites for hydroxylation is 1. The molecule has 9 heteroatoms. The third kappa shape index (κ3) is 6.57. The number of methoxy groups -OCH3 is 1. The summed E-state index contributed by atoms with van der Waals surface area (Å²) in [6.45, 7) is 6.97. The van der Waals surface area contributed by atoms with Gasteiger partial charge in [0.15, 0.2) is 0 Å². The van der Waals surface area contributed by atoms with E-state index >= 15 is 0 Å². The van der Waals surface area contributed by atoms with E-state index in [4.69, 9.17) is 4.74 Å². The van der Waals surface area contributed by atoms with Gasteiger partial charge >= 0.3 is 0 Å². The first-order valence-electron chi connectivity index (χ1n) is 9.98. The fourth-order valence-corrected chi connectivity index (χ4v) is 5.69. The highest BCUT2D eigenvalue weighted by Gasteiger charge is 2.32. The molecule has 0 spiro atoms. The number of nitrogens with zero attached hydrogens (tertiary/aromatic N) is 3. The molecule has 0 fully saturated rings. The van der Waals surface area contributed by atoms with Crippen molar-refractivity contribution >= 4 is 21.4 Å². The van der Waals surface area contributed by atoms with Crippen molar-refractivity contribution in [1.82, 2.24) is 14.2 Å². The van der Waals surface area contributed by atoms with E-state index in [1.54, 1.807) is 55.8 Å². The minimum Gasteiger partial charge on any atom is -0.395 e. The minimum atomic E-state index is -3.74. The Kier molecular flexibility index (Phi) is 9.39. The van der Waals surface area contributed by atoms with Crippen LogP contribution in [0, 0.1) is 12.8 Å². The van der Waals surface area contributed by atoms with Crippen molar-refractivity contribution in [2.45, 2.75) is 44.4 Å². The Morgan fingerprint density at radius 2 is 1.87 bits per heavy atom. The smallest absolute Gasteiger partial charge is 0.243 e. The van der Waals surface area contributed by atoms with Crippen LogP contribution in [0.15, 0.2) is 40.7 Å². The third-order valence-corrected chi connectivity index (χ3v) is 7.93. The van der Waals surface area contributed by atoms with E-state index in [9.17, 15) is 13.5 Å². The molecule has 0 saturated heterocycles. The first kappa shape index (κ1) is 24.9. The van der Waals surface area contributed by atoms with Crippen molar-refractivity contribution in [2.24, 2.45) is 5.92 Å². The van der Waals surface area contributed by atoms with Crippen LogP contribution in [0.2, 0.25) is 0 Å². The molecule has 3 atom stereocenters. The number of benzene rings is 1. The maximum Gasteiger partial charge on any atom is 0.243 e. The molecule has 2 aromatic rings. The van der Waals surface area contributed by atoms with E-state index in [2.05, 4.69) is 9.88 Å². The van der Waals surface area contributed by atoms with Gasteiger partial charge in [0.2, 0.25) is 10.0 Å². The zero-order valence-electron chi connectivity index (χ0n) is 18.4. The predicted molar refractivity (Wildman–Crippen MR) is 120 cm³/mol. The van der Waals surface area contributed by atoms with Crippen molar-refractivity contribution in [3.63, 3.8) is 0 Å². The Morgan fingerprint density at radius 1 is 1.20 bits per heavy atom. The summed E-state index contributed by atoms with van der Waals surface area (Å²) in [6.07, 6.45) is 1.62. The zero-order valence-corrected chi connectivity index (χ0v) is 20.0. The number of thiazole rings is 1. The zero-order chi connectivity index (χ0) is 22.3. The van der Waals surface area contributed by atoms with Crippen molar-refractivity contribution in [3.8, 4) is 0 Å². The lowest BCUT2D eigenvalue weighted by Gasteiger charge is -2.33. The number of likely N-dealkylation sites (N-methyl/N-ethyl adjacent to an activating group) is 1. The van der Waals surface area contributed by atoms with E-state index in [0.29, 0.717) is 13.1 Å². The first-order chi connectivity index (χ1) is 14.2. The van der Waals surface area contributed by atoms with Gasteiger partial charge in [-0.2, -0.15) is 4.31 Å². The summed E-state index contributed by atoms with van der Waals surface area (Å²) >= 11 is 1.60. The van der Waals surface area contributed by atoms with Crippen LogP contribution in [0.25, 0.3) is 0 Å². The van der Waals surface area contributed by atoms with Crippen molar-refractivity contribution < 1.29 is 18.3 Å². The van der Waals surface area contributed by atoms with E-state index in [0.717, 1.165) is 10.6 Å². The normalized spacial score (nSPS) is 15.5. The summed E-state index contributed by atoms with van der Waals surface area (Å²) in [6, 6.07) is 6.25. The molecule has 1 aromatic carbocycles. The van der Waals surface area contributed by atoms with Crippen LogP contribution in [-0.2, 0) is 21.3 Å². The Morgan fingerprint density at radius 3 is 2.40 bits per heavy atom. The monoisotopic (exact) mass is 455 g/mol. The second kappa shape index (κ2) is 11.3. The number of ether oxygens (including phenoxy) is 1. The lowest BCUT2D eigenvalue weighted by Crippen LogP contribution is -2.46. The highest BCUT2D eigenvalue weighted by Crippen LogP contribution is 2.22. The molecule has 0 saturated carbocycles. The van der Waals surface area contributed by atoms with Crippen molar-refractivity contribution in [1.29, 1.82) is 0 Å². The Bertz CT molecular complexity index is 857. The summed E-state index contributed by atoms with van der Waals surface area (Å²) in [7, 11) is -0.0968. The van der Waals surface area contributed by atoms with Crippen LogP contribution < -0.4 is 0 Å². The highest BCUT2D eigenvalue weighted by molar-refractivity contribution is 7.89. The summed E-state index contributed by atoms with van der Waals surface area (Å²) in [4.78, 5) is 6.66. The van der Waals surface area contributed by atoms with Crippen LogP contribution in [0.4, 0.5) is 0 Å². The number of rotatable bonds is 12. The topological polar surface area (TPSA) is 83.0 Å². The summed E-state index contributed by atoms with van der Waals surface area (Å²) in [5.41, 5.74) is 0.992. The quantitative estimate of drug-likeness (QED) is 0.530. The largest absolute Gasteiger partial charge is 0.395 e. The number of hydrogen-bond acceptors (Lipinski definition) is 7. The maximum atomic E-state index is 13.3. The number of hydrogen-bond donors (Lipinski definition) is 1. The standard InChI is InChI=1S/C21H33N3O4S2/c1-16-6-8-19(9-7-16)30(26,27)24(18(3)15-25)12-17(2)20(28-5)13-23(4)14-21-22-10-11-29-21/h6-11,17-18,20,25H,12-15H2,1-5H3/t17-,18-,20+/m0/s1. The number of aromatic nitrogens is 1. The number of sulfonamides is 1. The van der Waals surface area contributed by atoms with Gasteiger partial charge in [0.25, 0.3) is 0 Å². The fourth-order valence-electron chi connectivity index (χ4n) is 3.27. The average molecular weight is 456 g/mol. The summed E-state index contributed by atoms with van der Waals surface area (Å²) in [5, 5.41) is 12.7. The number of aliphatic hydroxyl groups is 1. The molecule has 2 rings (SSSR count). The summed E-state index contributed by atoms with van der Waals surface area (Å²) in [5.74, 6) is -0.0806. The van der Waals surface area contributed by atoms with E-state index < -0.39 is 16.1 Å². The molecular weight excluding hydrogens is 422 g/mol. The SMILES string of the molecule is CO[C@H](CN(C)Cc1nccs1)[C@@H](C)CN([C@@H](C)CO)S(=O)(=O)c1ccc(C)cc1. The van der Waals surface area contributed by atoms with Crippen LogP contribution >= 0.6 is 11.3 Å². The molecule has 168 valence electrons. The van der Waals surface area contributed by atoms with Crippen molar-refractivity contribution in [2.75, 3.05) is 33.9 Å². The van der Waals surface area contributed by atoms with E-state index in [1.807, 2.05) is 26.3 Å². The Labute approximate surface area is 184 Å². The highest BCUT2D eigenvalue weighted by atomic mass is 32.2. The fraction of sp³-hybridized carbons (Fsp3) is 0.571. The molecule has 30 heavy (non-hydrogen) atoms. The second-order valence-corrected chi connectivity index (χ2v) is 10.7. The first-order valence-corrected chi connectivity index (χ1v) is 12.3. The maximum absolute atomic E-state index is 13.3. The molecule has 7 nitrogen and oxygen atoms in total. The molecular formula is C21H33N3O4S2. The second-order valence-electron chi connectivity index (χ2n) is 7.79. The predicted octanol–water partition coefficient (Wildman–Crippen LogP) is 2.61. The van der Waals surface area contributed by atoms with Gasteiger partial charge in [0, 0.05) is 37.8 Å². The summed E-state index contributed by atoms with van der Waals surface area (Å²) < 4.78 is 33.7. The van der Waals surface area contributed by atoms with Crippen molar-refractivity contribution in [3.05, 3.63) is 46.4 Å². The lowest BCUT2D eigenvalue weighted by molar-refractivity contribution is 0.0221. The van der Waals surface area contributed by atoms with Gasteiger partial charge in [-0.15, -0.1) is 11.3 Å². The third-order valence-electron chi connectivity index (χ3n) is 5.17. The van der Waals surface area contributed by atoms with Gasteiger partial charge in [-0.05, 0) is 38.9 Å². The minimum absolute atomic E-state index is 0.0806. The molecule has 0 unspecified atom stereocenters. The molecule has 0 amide bonds. The Hall–Kier alpha value is -1.36. The molecule has 0 aliphatic heterocycles. The molecule has 0 aliphatic rings. The van der Waals surface area contributed by atoms with E-state index in [1.165, 1.54) is 4.31 Å². The molecule has 0 aliphatic carbocycles. The van der Waals surface area contributed by atoms with Gasteiger partial charge in [-0.1, -0.05) is 24.6 Å². The molecule has 1 N–H and O–H groups in total. The Balaban J connectivity index is 2.14. The molecule has 1 heterocycles. The number of aliphatic hydroxyl groups excluding tert-OH is 1. The van der Waals surface area contributed by atoms with Gasteiger partial charge < -0.3 is 9.84 Å². The van der Waals surface area contributed by atoms with Gasteiger partial charge in [0.1, 0.15) is 5.01 Å². The van der Waals surface area contributed by atoms with Gasteiger partial charge in [-0.3, -0.25) is 4.90 Å². The lowest BCUT2D eigenvalue weighted by atomic mass is 10.0. The van der Waals surface area contributed by atoms with E-state index in [-0.39, 0.29) is 30.1 Å². The van der Waals surface area contributed by atoms with Gasteiger partial charge in [0.05, 0.1) is 24.2 Å². The molecule has 0 radical (unpaired) electrons. The van der Waals surface area contributed by atoms with Crippen LogP contribution in [0.1, 0.15) is 24.4 Å². The van der Waals surface area contributed by atoms with Gasteiger partial charge in [-0.25, -0.2) is 13.4 Å². The average Bonchev–Trinajstić information content (AvgIpc) is 3.22.